The van der Waals surface area contributed by atoms with E-state index in [1.54, 1.807) is 41.8 Å². The van der Waals surface area contributed by atoms with Gasteiger partial charge in [0.25, 0.3) is 0 Å². The molecule has 152 valence electrons. The van der Waals surface area contributed by atoms with Gasteiger partial charge in [-0.3, -0.25) is 0 Å². The molecule has 2 heterocycles. The molecule has 0 aliphatic carbocycles. The van der Waals surface area contributed by atoms with E-state index < -0.39 is 10.0 Å². The zero-order chi connectivity index (χ0) is 20.6. The molecule has 0 N–H and O–H groups in total. The summed E-state index contributed by atoms with van der Waals surface area (Å²) in [7, 11) is -3.54. The van der Waals surface area contributed by atoms with Gasteiger partial charge in [-0.25, -0.2) is 13.4 Å². The fraction of sp³-hybridized carbons (Fsp3) is 0.286. The maximum atomic E-state index is 13.1. The number of sulfonamides is 1. The number of piperazine rings is 1. The number of oxazole rings is 1. The van der Waals surface area contributed by atoms with Crippen molar-refractivity contribution in [3.63, 3.8) is 0 Å². The minimum Gasteiger partial charge on any atom is -0.449 e. The summed E-state index contributed by atoms with van der Waals surface area (Å²) in [6.07, 6.45) is 1.57. The number of benzene rings is 2. The van der Waals surface area contributed by atoms with Crippen molar-refractivity contribution in [2.45, 2.75) is 18.7 Å². The van der Waals surface area contributed by atoms with E-state index in [1.807, 2.05) is 25.1 Å². The largest absolute Gasteiger partial charge is 0.449 e. The van der Waals surface area contributed by atoms with Crippen molar-refractivity contribution in [3.05, 3.63) is 65.2 Å². The van der Waals surface area contributed by atoms with Crippen LogP contribution in [0.2, 0.25) is 5.02 Å². The van der Waals surface area contributed by atoms with Gasteiger partial charge in [0, 0.05) is 49.4 Å². The topological polar surface area (TPSA) is 66.7 Å². The summed E-state index contributed by atoms with van der Waals surface area (Å²) in [6, 6.07) is 12.6. The Bertz CT molecular complexity index is 1120. The van der Waals surface area contributed by atoms with E-state index in [0.717, 1.165) is 16.8 Å². The molecular weight excluding hydrogens is 410 g/mol. The van der Waals surface area contributed by atoms with Crippen LogP contribution < -0.4 is 4.90 Å². The van der Waals surface area contributed by atoms with Crippen LogP contribution in [0.1, 0.15) is 11.5 Å². The van der Waals surface area contributed by atoms with Crippen molar-refractivity contribution in [3.8, 4) is 11.3 Å². The molecule has 6 nitrogen and oxygen atoms in total. The number of aromatic nitrogens is 1. The number of rotatable bonds is 4. The van der Waals surface area contributed by atoms with Gasteiger partial charge in [0.1, 0.15) is 12.0 Å². The molecule has 4 rings (SSSR count). The molecule has 1 saturated heterocycles. The Balaban J connectivity index is 1.48. The van der Waals surface area contributed by atoms with Crippen molar-refractivity contribution < 1.29 is 12.8 Å². The van der Waals surface area contributed by atoms with E-state index in [4.69, 9.17) is 16.0 Å². The van der Waals surface area contributed by atoms with E-state index in [0.29, 0.717) is 42.8 Å². The second kappa shape index (κ2) is 7.82. The second-order valence-electron chi connectivity index (χ2n) is 7.10. The molecule has 1 aliphatic rings. The lowest BCUT2D eigenvalue weighted by atomic mass is 10.1. The Kier molecular flexibility index (Phi) is 5.38. The fourth-order valence-electron chi connectivity index (χ4n) is 3.54. The summed E-state index contributed by atoms with van der Waals surface area (Å²) in [4.78, 5) is 6.74. The molecule has 0 spiro atoms. The molecule has 3 aromatic rings. The van der Waals surface area contributed by atoms with Crippen LogP contribution >= 0.6 is 11.6 Å². The third kappa shape index (κ3) is 4.03. The molecule has 8 heteroatoms. The average molecular weight is 432 g/mol. The zero-order valence-electron chi connectivity index (χ0n) is 16.3. The van der Waals surface area contributed by atoms with Crippen LogP contribution in [0.25, 0.3) is 11.3 Å². The van der Waals surface area contributed by atoms with Gasteiger partial charge in [-0.2, -0.15) is 4.31 Å². The third-order valence-electron chi connectivity index (χ3n) is 5.16. The fourth-order valence-corrected chi connectivity index (χ4v) is 5.12. The van der Waals surface area contributed by atoms with Crippen molar-refractivity contribution in [1.29, 1.82) is 0 Å². The third-order valence-corrected chi connectivity index (χ3v) is 7.31. The van der Waals surface area contributed by atoms with Crippen molar-refractivity contribution in [2.24, 2.45) is 0 Å². The molecule has 0 atom stereocenters. The predicted molar refractivity (Wildman–Crippen MR) is 114 cm³/mol. The summed E-state index contributed by atoms with van der Waals surface area (Å²) in [5.74, 6) is 0.574. The first kappa shape index (κ1) is 19.9. The first-order valence-electron chi connectivity index (χ1n) is 9.38. The Morgan fingerprint density at radius 1 is 1.00 bits per heavy atom. The summed E-state index contributed by atoms with van der Waals surface area (Å²) in [5, 5.41) is 0.683. The maximum Gasteiger partial charge on any atom is 0.243 e. The van der Waals surface area contributed by atoms with Crippen LogP contribution in [-0.2, 0) is 10.0 Å². The van der Waals surface area contributed by atoms with Gasteiger partial charge >= 0.3 is 0 Å². The second-order valence-corrected chi connectivity index (χ2v) is 9.47. The van der Waals surface area contributed by atoms with Crippen molar-refractivity contribution >= 4 is 27.3 Å². The number of nitrogens with zero attached hydrogens (tertiary/aromatic N) is 3. The summed E-state index contributed by atoms with van der Waals surface area (Å²) < 4.78 is 32.9. The van der Waals surface area contributed by atoms with Crippen LogP contribution in [0.3, 0.4) is 0 Å². The smallest absolute Gasteiger partial charge is 0.243 e. The number of hydrogen-bond acceptors (Lipinski definition) is 5. The van der Waals surface area contributed by atoms with Gasteiger partial charge in [0.05, 0.1) is 4.90 Å². The number of anilines is 1. The van der Waals surface area contributed by atoms with E-state index in [2.05, 4.69) is 9.88 Å². The highest BCUT2D eigenvalue weighted by molar-refractivity contribution is 7.89. The van der Waals surface area contributed by atoms with Crippen molar-refractivity contribution in [1.82, 2.24) is 9.29 Å². The highest BCUT2D eigenvalue weighted by Gasteiger charge is 2.29. The first-order valence-corrected chi connectivity index (χ1v) is 11.2. The zero-order valence-corrected chi connectivity index (χ0v) is 17.9. The highest BCUT2D eigenvalue weighted by Crippen LogP contribution is 2.27. The lowest BCUT2D eigenvalue weighted by molar-refractivity contribution is 0.385. The van der Waals surface area contributed by atoms with E-state index in [9.17, 15) is 8.42 Å². The molecule has 0 unspecified atom stereocenters. The molecule has 1 aromatic heterocycles. The van der Waals surface area contributed by atoms with Crippen LogP contribution in [0, 0.1) is 13.8 Å². The normalized spacial score (nSPS) is 15.6. The van der Waals surface area contributed by atoms with Gasteiger partial charge < -0.3 is 9.32 Å². The summed E-state index contributed by atoms with van der Waals surface area (Å²) in [6.45, 7) is 5.91. The quantitative estimate of drug-likeness (QED) is 0.621. The lowest BCUT2D eigenvalue weighted by Gasteiger charge is -2.36. The maximum absolute atomic E-state index is 13.1. The summed E-state index contributed by atoms with van der Waals surface area (Å²) in [5.41, 5.74) is 3.70. The highest BCUT2D eigenvalue weighted by atomic mass is 35.5. The minimum atomic E-state index is -3.54. The number of halogens is 1. The molecule has 0 bridgehead atoms. The van der Waals surface area contributed by atoms with Crippen LogP contribution in [0.5, 0.6) is 0 Å². The van der Waals surface area contributed by atoms with Gasteiger partial charge in [-0.15, -0.1) is 0 Å². The molecule has 29 heavy (non-hydrogen) atoms. The molecule has 0 amide bonds. The Morgan fingerprint density at radius 3 is 2.31 bits per heavy atom. The minimum absolute atomic E-state index is 0.286. The Morgan fingerprint density at radius 2 is 1.69 bits per heavy atom. The van der Waals surface area contributed by atoms with Gasteiger partial charge in [0.2, 0.25) is 10.0 Å². The Labute approximate surface area is 175 Å². The van der Waals surface area contributed by atoms with Crippen molar-refractivity contribution in [2.75, 3.05) is 31.1 Å². The van der Waals surface area contributed by atoms with Gasteiger partial charge in [-0.05, 0) is 36.8 Å². The van der Waals surface area contributed by atoms with Gasteiger partial charge in [0.15, 0.2) is 5.89 Å². The van der Waals surface area contributed by atoms with E-state index in [-0.39, 0.29) is 4.90 Å². The van der Waals surface area contributed by atoms with Crippen LogP contribution in [-0.4, -0.2) is 43.9 Å². The monoisotopic (exact) mass is 431 g/mol. The summed E-state index contributed by atoms with van der Waals surface area (Å²) >= 11 is 6.13. The molecular formula is C21H22ClN3O3S. The number of hydrogen-bond donors (Lipinski definition) is 0. The molecule has 1 fully saturated rings. The molecule has 0 saturated carbocycles. The molecule has 2 aromatic carbocycles. The first-order chi connectivity index (χ1) is 13.8. The molecule has 1 aliphatic heterocycles. The Hall–Kier alpha value is -2.35. The average Bonchev–Trinajstić information content (AvgIpc) is 3.16. The number of aryl methyl sites for hydroxylation is 2. The van der Waals surface area contributed by atoms with E-state index >= 15 is 0 Å². The standard InChI is InChI=1S/C21H22ClN3O3S/c1-15-3-6-18(22)13-21(15)24-9-11-25(12-10-24)29(26,27)19-7-4-17(5-8-19)20-14-28-16(2)23-20/h3-8,13-14H,9-12H2,1-2H3. The van der Waals surface area contributed by atoms with E-state index in [1.165, 1.54) is 0 Å². The lowest BCUT2D eigenvalue weighted by Crippen LogP contribution is -2.48. The SMILES string of the molecule is Cc1nc(-c2ccc(S(=O)(=O)N3CCN(c4cc(Cl)ccc4C)CC3)cc2)co1. The van der Waals surface area contributed by atoms with Gasteiger partial charge in [-0.1, -0.05) is 29.8 Å². The molecule has 0 radical (unpaired) electrons. The van der Waals surface area contributed by atoms with Crippen LogP contribution in [0.15, 0.2) is 58.0 Å². The van der Waals surface area contributed by atoms with Crippen LogP contribution in [0.4, 0.5) is 5.69 Å². The predicted octanol–water partition coefficient (Wildman–Crippen LogP) is 4.12.